The van der Waals surface area contributed by atoms with Crippen LogP contribution in [0.15, 0.2) is 36.5 Å². The number of hydrogen-bond donors (Lipinski definition) is 1. The average Bonchev–Trinajstić information content (AvgIpc) is 2.31. The summed E-state index contributed by atoms with van der Waals surface area (Å²) in [5.74, 6) is 0.742. The van der Waals surface area contributed by atoms with Gasteiger partial charge in [0.25, 0.3) is 0 Å². The zero-order chi connectivity index (χ0) is 15.2. The van der Waals surface area contributed by atoms with Crippen molar-refractivity contribution < 1.29 is 0 Å². The summed E-state index contributed by atoms with van der Waals surface area (Å²) in [7, 11) is 0. The molecule has 1 heteroatoms. The highest BCUT2D eigenvalue weighted by Gasteiger charge is 2.26. The molecule has 0 saturated carbocycles. The van der Waals surface area contributed by atoms with Crippen molar-refractivity contribution in [2.75, 3.05) is 0 Å². The fourth-order valence-electron chi connectivity index (χ4n) is 3.03. The van der Waals surface area contributed by atoms with Gasteiger partial charge in [0.2, 0.25) is 0 Å². The Morgan fingerprint density at radius 1 is 1.35 bits per heavy atom. The first kappa shape index (κ1) is 17.2. The van der Waals surface area contributed by atoms with E-state index in [0.29, 0.717) is 12.1 Å². The van der Waals surface area contributed by atoms with Crippen LogP contribution in [0.2, 0.25) is 0 Å². The summed E-state index contributed by atoms with van der Waals surface area (Å²) in [6.45, 7) is 15.3. The van der Waals surface area contributed by atoms with Crippen LogP contribution in [0.4, 0.5) is 0 Å². The Hall–Kier alpha value is -0.820. The average molecular weight is 275 g/mol. The summed E-state index contributed by atoms with van der Waals surface area (Å²) >= 11 is 0. The van der Waals surface area contributed by atoms with Gasteiger partial charge in [-0.15, -0.1) is 6.58 Å². The molecule has 1 N–H and O–H groups in total. The van der Waals surface area contributed by atoms with E-state index in [1.807, 2.05) is 6.08 Å². The second kappa shape index (κ2) is 7.83. The standard InChI is InChI=1S/C19H33N/c1-7-8-18(20-16(4)5)14-19(6)11-9-17(10-12-19)13-15(2)3/h7,9-11,15-16,18,20H,1,8,12-14H2,2-6H3. The lowest BCUT2D eigenvalue weighted by Gasteiger charge is -2.33. The minimum absolute atomic E-state index is 0.288. The number of allylic oxidation sites excluding steroid dienone is 4. The van der Waals surface area contributed by atoms with Gasteiger partial charge >= 0.3 is 0 Å². The summed E-state index contributed by atoms with van der Waals surface area (Å²) in [5.41, 5.74) is 1.80. The highest BCUT2D eigenvalue weighted by atomic mass is 14.9. The molecular weight excluding hydrogens is 242 g/mol. The predicted octanol–water partition coefficient (Wildman–Crippen LogP) is 5.26. The number of rotatable bonds is 8. The van der Waals surface area contributed by atoms with Crippen LogP contribution >= 0.6 is 0 Å². The van der Waals surface area contributed by atoms with Gasteiger partial charge < -0.3 is 5.32 Å². The van der Waals surface area contributed by atoms with E-state index in [0.717, 1.165) is 12.3 Å². The van der Waals surface area contributed by atoms with Gasteiger partial charge in [-0.1, -0.05) is 64.5 Å². The molecule has 1 rings (SSSR count). The Morgan fingerprint density at radius 2 is 2.05 bits per heavy atom. The lowest BCUT2D eigenvalue weighted by Crippen LogP contribution is -2.38. The van der Waals surface area contributed by atoms with Gasteiger partial charge in [0.05, 0.1) is 0 Å². The molecule has 1 aliphatic carbocycles. The molecule has 0 saturated heterocycles. The van der Waals surface area contributed by atoms with E-state index >= 15 is 0 Å². The van der Waals surface area contributed by atoms with E-state index in [-0.39, 0.29) is 5.41 Å². The van der Waals surface area contributed by atoms with Crippen LogP contribution in [0.1, 0.15) is 60.3 Å². The van der Waals surface area contributed by atoms with Gasteiger partial charge in [-0.2, -0.15) is 0 Å². The van der Waals surface area contributed by atoms with Gasteiger partial charge in [0.1, 0.15) is 0 Å². The Bertz CT molecular complexity index is 362. The van der Waals surface area contributed by atoms with E-state index in [2.05, 4.69) is 64.7 Å². The van der Waals surface area contributed by atoms with E-state index in [4.69, 9.17) is 0 Å². The summed E-state index contributed by atoms with van der Waals surface area (Å²) in [4.78, 5) is 0. The molecule has 0 radical (unpaired) electrons. The third kappa shape index (κ3) is 6.09. The topological polar surface area (TPSA) is 12.0 Å². The molecule has 2 atom stereocenters. The normalized spacial score (nSPS) is 24.1. The lowest BCUT2D eigenvalue weighted by molar-refractivity contribution is 0.307. The maximum absolute atomic E-state index is 3.90. The predicted molar refractivity (Wildman–Crippen MR) is 90.9 cm³/mol. The van der Waals surface area contributed by atoms with Crippen molar-refractivity contribution in [1.82, 2.24) is 5.32 Å². The van der Waals surface area contributed by atoms with Crippen molar-refractivity contribution in [2.45, 2.75) is 72.4 Å². The summed E-state index contributed by atoms with van der Waals surface area (Å²) in [5, 5.41) is 3.67. The molecule has 1 aliphatic rings. The minimum atomic E-state index is 0.288. The van der Waals surface area contributed by atoms with Gasteiger partial charge in [-0.25, -0.2) is 0 Å². The Kier molecular flexibility index (Phi) is 6.75. The Labute approximate surface area is 126 Å². The van der Waals surface area contributed by atoms with Crippen LogP contribution < -0.4 is 5.32 Å². The van der Waals surface area contributed by atoms with E-state index in [1.165, 1.54) is 24.8 Å². The first-order valence-electron chi connectivity index (χ1n) is 8.10. The van der Waals surface area contributed by atoms with Crippen LogP contribution in [0, 0.1) is 11.3 Å². The van der Waals surface area contributed by atoms with Crippen molar-refractivity contribution in [3.8, 4) is 0 Å². The Balaban J connectivity index is 2.60. The van der Waals surface area contributed by atoms with Gasteiger partial charge in [0, 0.05) is 12.1 Å². The molecule has 1 nitrogen and oxygen atoms in total. The fourth-order valence-corrected chi connectivity index (χ4v) is 3.03. The lowest BCUT2D eigenvalue weighted by atomic mass is 9.75. The molecule has 0 spiro atoms. The van der Waals surface area contributed by atoms with Crippen LogP contribution in [0.25, 0.3) is 0 Å². The minimum Gasteiger partial charge on any atom is -0.311 e. The number of nitrogens with one attached hydrogen (secondary N) is 1. The second-order valence-electron chi connectivity index (χ2n) is 7.32. The summed E-state index contributed by atoms with van der Waals surface area (Å²) in [6.07, 6.45) is 13.9. The molecule has 0 heterocycles. The van der Waals surface area contributed by atoms with Crippen LogP contribution in [0.3, 0.4) is 0 Å². The van der Waals surface area contributed by atoms with E-state index < -0.39 is 0 Å². The molecule has 0 aliphatic heterocycles. The van der Waals surface area contributed by atoms with Crippen LogP contribution in [0.5, 0.6) is 0 Å². The molecule has 2 unspecified atom stereocenters. The van der Waals surface area contributed by atoms with Crippen molar-refractivity contribution in [2.24, 2.45) is 11.3 Å². The maximum Gasteiger partial charge on any atom is 0.0112 e. The zero-order valence-corrected chi connectivity index (χ0v) is 14.1. The molecule has 0 amide bonds. The monoisotopic (exact) mass is 275 g/mol. The van der Waals surface area contributed by atoms with Gasteiger partial charge in [-0.3, -0.25) is 0 Å². The highest BCUT2D eigenvalue weighted by molar-refractivity contribution is 5.26. The molecule has 20 heavy (non-hydrogen) atoms. The largest absolute Gasteiger partial charge is 0.311 e. The maximum atomic E-state index is 3.90. The smallest absolute Gasteiger partial charge is 0.0112 e. The van der Waals surface area contributed by atoms with Crippen molar-refractivity contribution >= 4 is 0 Å². The van der Waals surface area contributed by atoms with Gasteiger partial charge in [-0.05, 0) is 37.0 Å². The van der Waals surface area contributed by atoms with Crippen molar-refractivity contribution in [3.63, 3.8) is 0 Å². The van der Waals surface area contributed by atoms with Crippen molar-refractivity contribution in [3.05, 3.63) is 36.5 Å². The molecular formula is C19H33N. The van der Waals surface area contributed by atoms with Crippen LogP contribution in [-0.4, -0.2) is 12.1 Å². The van der Waals surface area contributed by atoms with Crippen LogP contribution in [-0.2, 0) is 0 Å². The molecule has 0 aromatic rings. The fraction of sp³-hybridized carbons (Fsp3) is 0.684. The molecule has 114 valence electrons. The Morgan fingerprint density at radius 3 is 2.50 bits per heavy atom. The third-order valence-corrected chi connectivity index (χ3v) is 3.91. The van der Waals surface area contributed by atoms with Crippen molar-refractivity contribution in [1.29, 1.82) is 0 Å². The SMILES string of the molecule is C=CCC(CC1(C)C=CC(CC(C)C)=CC1)NC(C)C. The third-order valence-electron chi connectivity index (χ3n) is 3.91. The molecule has 0 fully saturated rings. The first-order chi connectivity index (χ1) is 9.34. The van der Waals surface area contributed by atoms with E-state index in [9.17, 15) is 0 Å². The second-order valence-corrected chi connectivity index (χ2v) is 7.32. The first-order valence-corrected chi connectivity index (χ1v) is 8.10. The molecule has 0 bridgehead atoms. The molecule has 0 aromatic heterocycles. The number of hydrogen-bond acceptors (Lipinski definition) is 1. The molecule has 0 aromatic carbocycles. The quantitative estimate of drug-likeness (QED) is 0.596. The van der Waals surface area contributed by atoms with Gasteiger partial charge in [0.15, 0.2) is 0 Å². The summed E-state index contributed by atoms with van der Waals surface area (Å²) in [6, 6.07) is 1.06. The zero-order valence-electron chi connectivity index (χ0n) is 14.1. The van der Waals surface area contributed by atoms with E-state index in [1.54, 1.807) is 0 Å². The highest BCUT2D eigenvalue weighted by Crippen LogP contribution is 2.36. The summed E-state index contributed by atoms with van der Waals surface area (Å²) < 4.78 is 0.